The molecule has 4 spiro atoms. The lowest BCUT2D eigenvalue weighted by Crippen LogP contribution is -2.52. The minimum absolute atomic E-state index is 0. The number of ether oxygens (including phenoxy) is 4. The van der Waals surface area contributed by atoms with Gasteiger partial charge in [-0.2, -0.15) is 0 Å². The van der Waals surface area contributed by atoms with Crippen molar-refractivity contribution < 1.29 is 61.6 Å². The molecule has 7 N–H and O–H groups in total. The van der Waals surface area contributed by atoms with Crippen LogP contribution in [-0.4, -0.2) is 120 Å². The predicted octanol–water partition coefficient (Wildman–Crippen LogP) is 13.6. The van der Waals surface area contributed by atoms with Gasteiger partial charge in [0.2, 0.25) is 23.6 Å². The van der Waals surface area contributed by atoms with Gasteiger partial charge in [0.15, 0.2) is 21.9 Å². The molecule has 1 unspecified atom stereocenters. The topological polar surface area (TPSA) is 259 Å². The quantitative estimate of drug-likeness (QED) is 0.0807. The molecule has 98 heavy (non-hydrogen) atoms. The molecule has 4 aliphatic carbocycles. The van der Waals surface area contributed by atoms with Crippen LogP contribution >= 0.6 is 58.8 Å². The number of pyridine rings is 2. The summed E-state index contributed by atoms with van der Waals surface area (Å²) < 4.78 is 53.7. The van der Waals surface area contributed by atoms with Gasteiger partial charge in [0, 0.05) is 103 Å². The van der Waals surface area contributed by atoms with Gasteiger partial charge in [-0.25, -0.2) is 18.7 Å². The first-order valence-corrected chi connectivity index (χ1v) is 36.1. The molecule has 8 heterocycles. The summed E-state index contributed by atoms with van der Waals surface area (Å²) in [4.78, 5) is 88.6. The number of anilines is 2. The van der Waals surface area contributed by atoms with Crippen LogP contribution in [0.1, 0.15) is 184 Å². The Morgan fingerprint density at radius 1 is 0.592 bits per heavy atom. The van der Waals surface area contributed by atoms with Gasteiger partial charge in [0.25, 0.3) is 0 Å². The van der Waals surface area contributed by atoms with Gasteiger partial charge in [-0.05, 0) is 202 Å². The zero-order valence-electron chi connectivity index (χ0n) is 55.9. The number of Topliss-reactive ketones (excluding diaryl/α,β-unsaturated/α-hetero) is 1. The predicted molar refractivity (Wildman–Crippen MR) is 371 cm³/mol. The number of carbonyl (C=O) groups is 6. The molecule has 532 valence electrons. The van der Waals surface area contributed by atoms with E-state index >= 15 is 8.78 Å². The summed E-state index contributed by atoms with van der Waals surface area (Å²) in [5.74, 6) is -6.51. The van der Waals surface area contributed by atoms with Gasteiger partial charge in [-0.15, -0.1) is 12.4 Å². The first-order chi connectivity index (χ1) is 46.2. The zero-order valence-corrected chi connectivity index (χ0v) is 59.7. The highest BCUT2D eigenvalue weighted by atomic mass is 35.5. The van der Waals surface area contributed by atoms with Crippen molar-refractivity contribution >= 4 is 106 Å². The number of carboxylic acid groups (broad SMARTS) is 1. The van der Waals surface area contributed by atoms with Crippen LogP contribution in [0, 0.1) is 51.0 Å². The smallest absolute Gasteiger partial charge is 0.307 e. The molecule has 25 heteroatoms. The summed E-state index contributed by atoms with van der Waals surface area (Å²) in [6.07, 6.45) is 15.4. The fourth-order valence-corrected chi connectivity index (χ4v) is 19.3. The van der Waals surface area contributed by atoms with Gasteiger partial charge < -0.3 is 51.1 Å². The summed E-state index contributed by atoms with van der Waals surface area (Å²) in [6.45, 7) is 12.4. The number of aromatic nitrogens is 2. The molecule has 4 aromatic rings. The largest absolute Gasteiger partial charge is 0.481 e. The van der Waals surface area contributed by atoms with E-state index in [1.807, 2.05) is 6.07 Å². The number of amides is 4. The molecule has 8 fully saturated rings. The second-order valence-corrected chi connectivity index (χ2v) is 32.2. The maximum atomic E-state index is 16.2. The van der Waals surface area contributed by atoms with Crippen LogP contribution in [0.15, 0.2) is 60.9 Å². The lowest BCUT2D eigenvalue weighted by atomic mass is 9.51. The molecule has 10 aliphatic rings. The molecule has 4 saturated heterocycles. The first kappa shape index (κ1) is 74.1. The third-order valence-corrected chi connectivity index (χ3v) is 24.8. The number of aliphatic carboxylic acids is 1. The van der Waals surface area contributed by atoms with Crippen molar-refractivity contribution in [1.82, 2.24) is 20.6 Å². The van der Waals surface area contributed by atoms with Crippen LogP contribution in [-0.2, 0) is 58.5 Å². The van der Waals surface area contributed by atoms with Crippen molar-refractivity contribution in [3.63, 3.8) is 0 Å². The Hall–Kier alpha value is -5.13. The number of halogens is 7. The highest BCUT2D eigenvalue weighted by Gasteiger charge is 2.74. The summed E-state index contributed by atoms with van der Waals surface area (Å²) in [6, 6.07) is 14.1. The minimum atomic E-state index is -1.25. The second kappa shape index (κ2) is 29.7. The number of hydrogen-bond donors (Lipinski definition) is 6. The van der Waals surface area contributed by atoms with Crippen molar-refractivity contribution in [2.75, 3.05) is 50.3 Å². The first-order valence-electron chi connectivity index (χ1n) is 34.6. The number of carboxylic acids is 1. The number of ketones is 1. The standard InChI is InChI=1S/C37H44Cl2FN3O5.C25H25Cl2FN2O3.C11H20N2O3.ClH/c1-35(2)10-12-36(13-11-35)19-25(28(44)17-21-3-6-29(48-20-21)33(45)42-23-8-15-47-16-9-23)30(24-7-14-41-32(39)31(24)40)37(36)26-5-4-22(38)18-27(26)43-34(37)46;1-23(2)6-8-24(9-7-23)12-15(21(31)32)18(14-5-10-29-20(27)19(14)28)25(24)16-4-3-13(26)11-17(16)30-22(25)33;12-8-1-2-10(16-7-8)11(14)13-9-3-5-15-6-4-9;/h4-5,7,14,18,21,23,25,29-30H,3,6,8-13,15-17,19-20H2,1-2H3,(H,42,45)(H,43,46);3-5,10-11,15,18H,6-9,12H2,1-2H3,(H,30,33)(H,31,32);8-10H,1-7,12H2,(H,13,14);1H/t21-,25-,29-,30-,37+;15-,18+,25?;8-,10+;/m011./s1. The van der Waals surface area contributed by atoms with E-state index in [2.05, 4.69) is 58.9 Å². The lowest BCUT2D eigenvalue weighted by molar-refractivity contribution is -0.142. The van der Waals surface area contributed by atoms with Crippen molar-refractivity contribution in [3.05, 3.63) is 115 Å². The molecule has 18 nitrogen and oxygen atoms in total. The van der Waals surface area contributed by atoms with Crippen molar-refractivity contribution in [1.29, 1.82) is 0 Å². The van der Waals surface area contributed by atoms with E-state index in [-0.39, 0.29) is 124 Å². The number of benzene rings is 2. The average molecular weight is 1460 g/mol. The number of fused-ring (bicyclic) bond motifs is 6. The van der Waals surface area contributed by atoms with Crippen LogP contribution < -0.4 is 27.0 Å². The monoisotopic (exact) mass is 1450 g/mol. The molecule has 14 rings (SSSR count). The zero-order chi connectivity index (χ0) is 69.0. The van der Waals surface area contributed by atoms with Crippen LogP contribution in [0.25, 0.3) is 0 Å². The molecule has 6 aliphatic heterocycles. The Balaban J connectivity index is 0.000000167. The van der Waals surface area contributed by atoms with E-state index in [9.17, 15) is 33.9 Å². The summed E-state index contributed by atoms with van der Waals surface area (Å²) >= 11 is 25.0. The van der Waals surface area contributed by atoms with Gasteiger partial charge in [0.05, 0.1) is 30.0 Å². The Kier molecular flexibility index (Phi) is 22.4. The number of nitrogens with two attached hydrogens (primary N) is 1. The fourth-order valence-electron chi connectivity index (χ4n) is 18.6. The number of nitrogens with one attached hydrogen (secondary N) is 4. The number of hydrogen-bond acceptors (Lipinski definition) is 13. The van der Waals surface area contributed by atoms with E-state index in [4.69, 9.17) is 71.1 Å². The summed E-state index contributed by atoms with van der Waals surface area (Å²) in [7, 11) is 0. The van der Waals surface area contributed by atoms with Gasteiger partial charge >= 0.3 is 5.97 Å². The Morgan fingerprint density at radius 2 is 1.01 bits per heavy atom. The van der Waals surface area contributed by atoms with E-state index in [1.54, 1.807) is 36.4 Å². The maximum Gasteiger partial charge on any atom is 0.307 e. The van der Waals surface area contributed by atoms with E-state index in [1.165, 1.54) is 18.5 Å². The van der Waals surface area contributed by atoms with Crippen molar-refractivity contribution in [3.8, 4) is 0 Å². The molecule has 2 aromatic carbocycles. The lowest BCUT2D eigenvalue weighted by Gasteiger charge is -2.51. The second-order valence-electron chi connectivity index (χ2n) is 30.6. The van der Waals surface area contributed by atoms with E-state index in [0.29, 0.717) is 78.9 Å². The van der Waals surface area contributed by atoms with Crippen LogP contribution in [0.4, 0.5) is 20.2 Å². The van der Waals surface area contributed by atoms with E-state index < -0.39 is 69.0 Å². The van der Waals surface area contributed by atoms with Crippen LogP contribution in [0.2, 0.25) is 20.4 Å². The molecule has 4 saturated carbocycles. The van der Waals surface area contributed by atoms with Gasteiger partial charge in [0.1, 0.15) is 18.0 Å². The Bertz CT molecular complexity index is 3650. The molecule has 0 radical (unpaired) electrons. The third-order valence-electron chi connectivity index (χ3n) is 23.8. The molecular formula is C73H90Cl5F2N7O11. The van der Waals surface area contributed by atoms with Crippen molar-refractivity contribution in [2.24, 2.45) is 45.1 Å². The number of nitrogens with zero attached hydrogens (tertiary/aromatic N) is 2. The highest BCUT2D eigenvalue weighted by Crippen LogP contribution is 2.74. The average Bonchev–Trinajstić information content (AvgIpc) is 1.51. The SMILES string of the molecule is CC1(C)CCC2(CC1)C[C@@H](C(=O)C[C@@H]1CC[C@@H](C(=O)NC3CCOCC3)OC1)[C@H](c1ccnc(Cl)c1F)[C@]21C(=O)Nc2cc(Cl)ccc21.CC1(C)CCC2(CC1)C[C@@H](C(=O)O)[C@H](c1ccnc(Cl)c1F)C21C(=O)Nc2cc(Cl)ccc21.Cl.N[C@@H]1CC[C@@H](C(=O)NC2CCOCC2)OC1. The summed E-state index contributed by atoms with van der Waals surface area (Å²) in [5.41, 5.74) is 5.21. The molecule has 10 atom stereocenters. The van der Waals surface area contributed by atoms with E-state index in [0.717, 1.165) is 95.8 Å². The number of carbonyl (C=O) groups excluding carboxylic acids is 5. The fraction of sp³-hybridized carbons (Fsp3) is 0.616. The van der Waals surface area contributed by atoms with Gasteiger partial charge in [-0.3, -0.25) is 28.8 Å². The number of rotatable bonds is 10. The molecule has 2 aromatic heterocycles. The third kappa shape index (κ3) is 14.0. The normalized spacial score (nSPS) is 30.4. The van der Waals surface area contributed by atoms with Crippen LogP contribution in [0.5, 0.6) is 0 Å². The molecule has 0 bridgehead atoms. The highest BCUT2D eigenvalue weighted by molar-refractivity contribution is 6.32. The maximum absolute atomic E-state index is 16.2. The molecular weight excluding hydrogens is 1370 g/mol. The van der Waals surface area contributed by atoms with Crippen LogP contribution in [0.3, 0.4) is 0 Å². The summed E-state index contributed by atoms with van der Waals surface area (Å²) in [5, 5.41) is 22.9. The van der Waals surface area contributed by atoms with Gasteiger partial charge in [-0.1, -0.05) is 86.2 Å². The Labute approximate surface area is 597 Å². The minimum Gasteiger partial charge on any atom is -0.481 e. The van der Waals surface area contributed by atoms with Crippen molar-refractivity contribution in [2.45, 2.75) is 203 Å². The molecule has 4 amide bonds. The Morgan fingerprint density at radius 3 is 1.42 bits per heavy atom.